The molecule has 0 fully saturated rings. The molecule has 0 aromatic carbocycles. The van der Waals surface area contributed by atoms with Gasteiger partial charge in [-0.3, -0.25) is 4.79 Å². The van der Waals surface area contributed by atoms with Crippen LogP contribution in [0.5, 0.6) is 0 Å². The van der Waals surface area contributed by atoms with E-state index in [4.69, 9.17) is 0 Å². The van der Waals surface area contributed by atoms with Crippen molar-refractivity contribution in [1.82, 2.24) is 0 Å². The Morgan fingerprint density at radius 3 is 2.47 bits per heavy atom. The first-order valence-electron chi connectivity index (χ1n) is 4.67. The lowest BCUT2D eigenvalue weighted by Gasteiger charge is -2.42. The fourth-order valence-electron chi connectivity index (χ4n) is 1.61. The SMILES string of the molecule is CC(C)(C)C1(Br)C=C(Br)C=CC1C(=O)O. The minimum Gasteiger partial charge on any atom is -0.481 e. The highest BCUT2D eigenvalue weighted by molar-refractivity contribution is 9.12. The molecule has 2 unspecified atom stereocenters. The molecule has 1 aliphatic rings. The number of carboxylic acid groups (broad SMARTS) is 1. The van der Waals surface area contributed by atoms with E-state index < -0.39 is 16.2 Å². The normalized spacial score (nSPS) is 31.3. The van der Waals surface area contributed by atoms with Crippen molar-refractivity contribution in [2.75, 3.05) is 0 Å². The maximum absolute atomic E-state index is 11.2. The van der Waals surface area contributed by atoms with E-state index in [0.717, 1.165) is 4.48 Å². The Morgan fingerprint density at radius 1 is 1.53 bits per heavy atom. The average molecular weight is 338 g/mol. The molecular weight excluding hydrogens is 324 g/mol. The summed E-state index contributed by atoms with van der Waals surface area (Å²) >= 11 is 6.97. The number of alkyl halides is 1. The van der Waals surface area contributed by atoms with Gasteiger partial charge in [0.1, 0.15) is 0 Å². The molecule has 2 nitrogen and oxygen atoms in total. The summed E-state index contributed by atoms with van der Waals surface area (Å²) in [5.74, 6) is -1.35. The predicted octanol–water partition coefficient (Wildman–Crippen LogP) is 3.72. The summed E-state index contributed by atoms with van der Waals surface area (Å²) in [6, 6.07) is 0. The second kappa shape index (κ2) is 4.06. The zero-order chi connectivity index (χ0) is 11.9. The van der Waals surface area contributed by atoms with Gasteiger partial charge in [0.05, 0.1) is 10.2 Å². The molecule has 0 saturated carbocycles. The number of halogens is 2. The van der Waals surface area contributed by atoms with Crippen molar-refractivity contribution in [3.8, 4) is 0 Å². The Morgan fingerprint density at radius 2 is 2.07 bits per heavy atom. The largest absolute Gasteiger partial charge is 0.481 e. The molecule has 0 spiro atoms. The fraction of sp³-hybridized carbons (Fsp3) is 0.545. The average Bonchev–Trinajstić information content (AvgIpc) is 2.00. The molecule has 0 heterocycles. The molecule has 15 heavy (non-hydrogen) atoms. The lowest BCUT2D eigenvalue weighted by molar-refractivity contribution is -0.141. The first-order valence-corrected chi connectivity index (χ1v) is 6.25. The Labute approximate surface area is 107 Å². The molecule has 1 aliphatic carbocycles. The predicted molar refractivity (Wildman–Crippen MR) is 68.4 cm³/mol. The Hall–Kier alpha value is -0.0900. The molecule has 2 atom stereocenters. The Balaban J connectivity index is 3.23. The second-order valence-corrected chi connectivity index (χ2v) is 6.95. The van der Waals surface area contributed by atoms with E-state index in [1.165, 1.54) is 0 Å². The summed E-state index contributed by atoms with van der Waals surface area (Å²) in [6.45, 7) is 6.06. The molecule has 0 bridgehead atoms. The second-order valence-electron chi connectivity index (χ2n) is 4.72. The molecule has 0 aromatic heterocycles. The van der Waals surface area contributed by atoms with Crippen LogP contribution in [0, 0.1) is 11.3 Å². The van der Waals surface area contributed by atoms with Gasteiger partial charge in [-0.2, -0.15) is 0 Å². The van der Waals surface area contributed by atoms with Crippen LogP contribution in [-0.2, 0) is 4.79 Å². The van der Waals surface area contributed by atoms with Crippen LogP contribution in [0.1, 0.15) is 20.8 Å². The van der Waals surface area contributed by atoms with Crippen molar-refractivity contribution in [3.63, 3.8) is 0 Å². The van der Waals surface area contributed by atoms with Gasteiger partial charge in [0, 0.05) is 4.48 Å². The maximum Gasteiger partial charge on any atom is 0.312 e. The van der Waals surface area contributed by atoms with Crippen molar-refractivity contribution >= 4 is 37.8 Å². The standard InChI is InChI=1S/C11H14Br2O2/c1-10(2,3)11(13)6-7(12)4-5-8(11)9(14)15/h4-6,8H,1-3H3,(H,14,15). The highest BCUT2D eigenvalue weighted by Crippen LogP contribution is 2.49. The van der Waals surface area contributed by atoms with Crippen molar-refractivity contribution in [2.24, 2.45) is 11.3 Å². The van der Waals surface area contributed by atoms with E-state index in [9.17, 15) is 9.90 Å². The number of hydrogen-bond donors (Lipinski definition) is 1. The third-order valence-corrected chi connectivity index (χ3v) is 5.07. The maximum atomic E-state index is 11.2. The quantitative estimate of drug-likeness (QED) is 0.740. The van der Waals surface area contributed by atoms with Gasteiger partial charge in [-0.05, 0) is 5.41 Å². The lowest BCUT2D eigenvalue weighted by Crippen LogP contribution is -2.46. The number of hydrogen-bond acceptors (Lipinski definition) is 1. The minimum atomic E-state index is -0.811. The van der Waals surface area contributed by atoms with Crippen molar-refractivity contribution in [1.29, 1.82) is 0 Å². The zero-order valence-electron chi connectivity index (χ0n) is 8.92. The van der Waals surface area contributed by atoms with Crippen LogP contribution < -0.4 is 0 Å². The van der Waals surface area contributed by atoms with Crippen LogP contribution in [0.4, 0.5) is 0 Å². The van der Waals surface area contributed by atoms with Crippen LogP contribution in [0.3, 0.4) is 0 Å². The van der Waals surface area contributed by atoms with Crippen LogP contribution in [0.2, 0.25) is 0 Å². The van der Waals surface area contributed by atoms with Crippen molar-refractivity contribution in [2.45, 2.75) is 25.1 Å². The fourth-order valence-corrected chi connectivity index (χ4v) is 3.03. The molecular formula is C11H14Br2O2. The van der Waals surface area contributed by atoms with Crippen LogP contribution in [-0.4, -0.2) is 15.4 Å². The topological polar surface area (TPSA) is 37.3 Å². The third kappa shape index (κ3) is 2.36. The van der Waals surface area contributed by atoms with Gasteiger partial charge in [0.25, 0.3) is 0 Å². The van der Waals surface area contributed by atoms with E-state index in [2.05, 4.69) is 31.9 Å². The Bertz CT molecular complexity index is 339. The first-order chi connectivity index (χ1) is 6.68. The summed E-state index contributed by atoms with van der Waals surface area (Å²) in [6.07, 6.45) is 5.42. The van der Waals surface area contributed by atoms with E-state index in [0.29, 0.717) is 0 Å². The Kier molecular flexibility index (Phi) is 3.51. The summed E-state index contributed by atoms with van der Waals surface area (Å²) in [5, 5.41) is 9.20. The van der Waals surface area contributed by atoms with Crippen molar-refractivity contribution < 1.29 is 9.90 Å². The molecule has 0 saturated heterocycles. The van der Waals surface area contributed by atoms with Gasteiger partial charge in [-0.15, -0.1) is 0 Å². The lowest BCUT2D eigenvalue weighted by atomic mass is 9.71. The van der Waals surface area contributed by atoms with E-state index in [1.54, 1.807) is 12.2 Å². The van der Waals surface area contributed by atoms with Gasteiger partial charge in [0.2, 0.25) is 0 Å². The van der Waals surface area contributed by atoms with Crippen molar-refractivity contribution in [3.05, 3.63) is 22.7 Å². The number of carboxylic acids is 1. The number of allylic oxidation sites excluding steroid dienone is 3. The first kappa shape index (κ1) is 13.0. The zero-order valence-corrected chi connectivity index (χ0v) is 12.1. The molecule has 0 amide bonds. The van der Waals surface area contributed by atoms with Gasteiger partial charge in [0.15, 0.2) is 0 Å². The highest BCUT2D eigenvalue weighted by atomic mass is 79.9. The number of aliphatic carboxylic acids is 1. The molecule has 0 radical (unpaired) electrons. The van der Waals surface area contributed by atoms with Crippen LogP contribution >= 0.6 is 31.9 Å². The van der Waals surface area contributed by atoms with Gasteiger partial charge in [-0.1, -0.05) is 70.9 Å². The van der Waals surface area contributed by atoms with Gasteiger partial charge in [-0.25, -0.2) is 0 Å². The van der Waals surface area contributed by atoms with E-state index >= 15 is 0 Å². The van der Waals surface area contributed by atoms with Crippen LogP contribution in [0.25, 0.3) is 0 Å². The smallest absolute Gasteiger partial charge is 0.312 e. The molecule has 4 heteroatoms. The monoisotopic (exact) mass is 336 g/mol. The molecule has 84 valence electrons. The molecule has 0 aromatic rings. The summed E-state index contributed by atoms with van der Waals surface area (Å²) in [7, 11) is 0. The molecule has 1 N–H and O–H groups in total. The van der Waals surface area contributed by atoms with Crippen LogP contribution in [0.15, 0.2) is 22.7 Å². The third-order valence-electron chi connectivity index (χ3n) is 2.66. The van der Waals surface area contributed by atoms with E-state index in [-0.39, 0.29) is 5.41 Å². The number of rotatable bonds is 1. The number of carbonyl (C=O) groups is 1. The summed E-state index contributed by atoms with van der Waals surface area (Å²) < 4.78 is 0.353. The summed E-state index contributed by atoms with van der Waals surface area (Å²) in [4.78, 5) is 11.2. The van der Waals surface area contributed by atoms with E-state index in [1.807, 2.05) is 26.8 Å². The molecule has 1 rings (SSSR count). The molecule has 0 aliphatic heterocycles. The van der Waals surface area contributed by atoms with Gasteiger partial charge >= 0.3 is 5.97 Å². The summed E-state index contributed by atoms with van der Waals surface area (Å²) in [5.41, 5.74) is -0.181. The highest BCUT2D eigenvalue weighted by Gasteiger charge is 2.48. The van der Waals surface area contributed by atoms with Gasteiger partial charge < -0.3 is 5.11 Å². The minimum absolute atomic E-state index is 0.181.